The predicted molar refractivity (Wildman–Crippen MR) is 61.6 cm³/mol. The summed E-state index contributed by atoms with van der Waals surface area (Å²) in [5.74, 6) is -0.283. The quantitative estimate of drug-likeness (QED) is 0.764. The molecule has 4 nitrogen and oxygen atoms in total. The van der Waals surface area contributed by atoms with E-state index < -0.39 is 5.97 Å². The monoisotopic (exact) mass is 218 g/mol. The summed E-state index contributed by atoms with van der Waals surface area (Å²) in [7, 11) is 0. The fourth-order valence-electron chi connectivity index (χ4n) is 1.78. The number of nitrogens with one attached hydrogen (secondary N) is 1. The number of anilines is 1. The van der Waals surface area contributed by atoms with Gasteiger partial charge in [-0.15, -0.1) is 0 Å². The Morgan fingerprint density at radius 2 is 2.38 bits per heavy atom. The Morgan fingerprint density at radius 1 is 1.50 bits per heavy atom. The zero-order valence-electron chi connectivity index (χ0n) is 8.89. The molecule has 0 saturated carbocycles. The van der Waals surface area contributed by atoms with Crippen molar-refractivity contribution in [1.82, 2.24) is 4.98 Å². The van der Waals surface area contributed by atoms with E-state index in [4.69, 9.17) is 5.11 Å². The predicted octanol–water partition coefficient (Wildman–Crippen LogP) is 2.30. The number of aromatic carboxylic acids is 1. The van der Waals surface area contributed by atoms with Crippen molar-refractivity contribution in [3.05, 3.63) is 36.0 Å². The van der Waals surface area contributed by atoms with Gasteiger partial charge in [0.25, 0.3) is 0 Å². The number of rotatable bonds is 3. The first-order chi connectivity index (χ1) is 7.75. The Labute approximate surface area is 94.0 Å². The number of nitrogens with zero attached hydrogens (tertiary/aromatic N) is 1. The molecule has 1 atom stereocenters. The standard InChI is InChI=1S/C12H14N2O2/c15-12(16)9-6-7-13-11(8-9)14-10-4-2-1-3-5-10/h1-2,6-8,10H,3-5H2,(H,13,14)(H,15,16). The van der Waals surface area contributed by atoms with E-state index in [9.17, 15) is 4.79 Å². The van der Waals surface area contributed by atoms with Gasteiger partial charge in [0.15, 0.2) is 0 Å². The number of carboxylic acid groups (broad SMARTS) is 1. The summed E-state index contributed by atoms with van der Waals surface area (Å²) in [5.41, 5.74) is 0.267. The van der Waals surface area contributed by atoms with Gasteiger partial charge in [0.05, 0.1) is 5.56 Å². The molecule has 0 aromatic carbocycles. The molecule has 0 bridgehead atoms. The highest BCUT2D eigenvalue weighted by Crippen LogP contribution is 2.16. The van der Waals surface area contributed by atoms with Gasteiger partial charge in [-0.3, -0.25) is 0 Å². The number of allylic oxidation sites excluding steroid dienone is 1. The molecule has 1 unspecified atom stereocenters. The zero-order chi connectivity index (χ0) is 11.4. The van der Waals surface area contributed by atoms with Crippen LogP contribution in [0, 0.1) is 0 Å². The lowest BCUT2D eigenvalue weighted by molar-refractivity contribution is 0.0697. The molecule has 0 spiro atoms. The maximum Gasteiger partial charge on any atom is 0.335 e. The average molecular weight is 218 g/mol. The normalized spacial score (nSPS) is 19.4. The van der Waals surface area contributed by atoms with E-state index in [0.29, 0.717) is 11.9 Å². The molecule has 1 aliphatic rings. The van der Waals surface area contributed by atoms with Gasteiger partial charge in [-0.2, -0.15) is 0 Å². The molecule has 0 saturated heterocycles. The molecular formula is C12H14N2O2. The summed E-state index contributed by atoms with van der Waals surface area (Å²) in [5, 5.41) is 12.1. The zero-order valence-corrected chi connectivity index (χ0v) is 8.89. The van der Waals surface area contributed by atoms with Crippen LogP contribution in [0.15, 0.2) is 30.5 Å². The number of pyridine rings is 1. The minimum atomic E-state index is -0.922. The molecule has 1 aromatic heterocycles. The molecule has 4 heteroatoms. The molecular weight excluding hydrogens is 204 g/mol. The van der Waals surface area contributed by atoms with Crippen LogP contribution in [0.5, 0.6) is 0 Å². The second kappa shape index (κ2) is 4.79. The van der Waals surface area contributed by atoms with Crippen molar-refractivity contribution in [3.63, 3.8) is 0 Å². The topological polar surface area (TPSA) is 62.2 Å². The second-order valence-corrected chi connectivity index (χ2v) is 3.86. The summed E-state index contributed by atoms with van der Waals surface area (Å²) < 4.78 is 0. The van der Waals surface area contributed by atoms with Crippen LogP contribution < -0.4 is 5.32 Å². The van der Waals surface area contributed by atoms with Crippen molar-refractivity contribution in [2.24, 2.45) is 0 Å². The Morgan fingerprint density at radius 3 is 3.06 bits per heavy atom. The highest BCUT2D eigenvalue weighted by Gasteiger charge is 2.11. The van der Waals surface area contributed by atoms with Crippen molar-refractivity contribution in [1.29, 1.82) is 0 Å². The largest absolute Gasteiger partial charge is 0.478 e. The lowest BCUT2D eigenvalue weighted by Crippen LogP contribution is -2.21. The van der Waals surface area contributed by atoms with Crippen molar-refractivity contribution in [2.45, 2.75) is 25.3 Å². The maximum atomic E-state index is 10.8. The first kappa shape index (κ1) is 10.7. The fraction of sp³-hybridized carbons (Fsp3) is 0.333. The van der Waals surface area contributed by atoms with E-state index in [1.807, 2.05) is 0 Å². The van der Waals surface area contributed by atoms with Gasteiger partial charge in [0, 0.05) is 12.2 Å². The fourth-order valence-corrected chi connectivity index (χ4v) is 1.78. The Balaban J connectivity index is 2.06. The third-order valence-electron chi connectivity index (χ3n) is 2.63. The van der Waals surface area contributed by atoms with Crippen molar-refractivity contribution in [2.75, 3.05) is 5.32 Å². The summed E-state index contributed by atoms with van der Waals surface area (Å²) in [6, 6.07) is 3.43. The number of hydrogen-bond acceptors (Lipinski definition) is 3. The van der Waals surface area contributed by atoms with Crippen LogP contribution in [0.2, 0.25) is 0 Å². The van der Waals surface area contributed by atoms with Crippen LogP contribution in [0.3, 0.4) is 0 Å². The lowest BCUT2D eigenvalue weighted by Gasteiger charge is -2.19. The smallest absolute Gasteiger partial charge is 0.335 e. The van der Waals surface area contributed by atoms with Gasteiger partial charge in [0.1, 0.15) is 5.82 Å². The second-order valence-electron chi connectivity index (χ2n) is 3.86. The molecule has 2 rings (SSSR count). The minimum Gasteiger partial charge on any atom is -0.478 e. The van der Waals surface area contributed by atoms with Crippen molar-refractivity contribution < 1.29 is 9.90 Å². The molecule has 1 heterocycles. The molecule has 1 aliphatic carbocycles. The van der Waals surface area contributed by atoms with Crippen LogP contribution in [0.4, 0.5) is 5.82 Å². The van der Waals surface area contributed by atoms with Crippen LogP contribution >= 0.6 is 0 Å². The molecule has 0 fully saturated rings. The first-order valence-corrected chi connectivity index (χ1v) is 5.36. The lowest BCUT2D eigenvalue weighted by atomic mass is 10.0. The number of carbonyl (C=O) groups is 1. The van der Waals surface area contributed by atoms with Crippen LogP contribution in [0.1, 0.15) is 29.6 Å². The summed E-state index contributed by atoms with van der Waals surface area (Å²) in [6.07, 6.45) is 8.93. The van der Waals surface area contributed by atoms with E-state index >= 15 is 0 Å². The van der Waals surface area contributed by atoms with Crippen molar-refractivity contribution >= 4 is 11.8 Å². The first-order valence-electron chi connectivity index (χ1n) is 5.36. The van der Waals surface area contributed by atoms with Crippen LogP contribution in [0.25, 0.3) is 0 Å². The maximum absolute atomic E-state index is 10.8. The van der Waals surface area contributed by atoms with E-state index in [1.165, 1.54) is 12.3 Å². The van der Waals surface area contributed by atoms with Gasteiger partial charge < -0.3 is 10.4 Å². The summed E-state index contributed by atoms with van der Waals surface area (Å²) in [4.78, 5) is 14.9. The van der Waals surface area contributed by atoms with Gasteiger partial charge >= 0.3 is 5.97 Å². The SMILES string of the molecule is O=C(O)c1ccnc(NC2CC=CCC2)c1. The van der Waals surface area contributed by atoms with E-state index in [1.54, 1.807) is 6.07 Å². The highest BCUT2D eigenvalue weighted by atomic mass is 16.4. The molecule has 0 amide bonds. The molecule has 2 N–H and O–H groups in total. The van der Waals surface area contributed by atoms with Gasteiger partial charge in [-0.1, -0.05) is 12.2 Å². The van der Waals surface area contributed by atoms with Gasteiger partial charge in [-0.05, 0) is 31.4 Å². The Bertz CT molecular complexity index is 415. The van der Waals surface area contributed by atoms with Crippen molar-refractivity contribution in [3.8, 4) is 0 Å². The molecule has 1 aromatic rings. The highest BCUT2D eigenvalue weighted by molar-refractivity contribution is 5.88. The molecule has 16 heavy (non-hydrogen) atoms. The number of carboxylic acids is 1. The van der Waals surface area contributed by atoms with Crippen LogP contribution in [-0.2, 0) is 0 Å². The molecule has 0 aliphatic heterocycles. The van der Waals surface area contributed by atoms with E-state index in [-0.39, 0.29) is 5.56 Å². The van der Waals surface area contributed by atoms with Crippen LogP contribution in [-0.4, -0.2) is 22.1 Å². The van der Waals surface area contributed by atoms with E-state index in [0.717, 1.165) is 19.3 Å². The molecule has 84 valence electrons. The minimum absolute atomic E-state index is 0.267. The summed E-state index contributed by atoms with van der Waals surface area (Å²) >= 11 is 0. The third-order valence-corrected chi connectivity index (χ3v) is 2.63. The van der Waals surface area contributed by atoms with Gasteiger partial charge in [0.2, 0.25) is 0 Å². The summed E-state index contributed by atoms with van der Waals surface area (Å²) in [6.45, 7) is 0. The third kappa shape index (κ3) is 2.59. The van der Waals surface area contributed by atoms with E-state index in [2.05, 4.69) is 22.5 Å². The Hall–Kier alpha value is -1.84. The average Bonchev–Trinajstić information content (AvgIpc) is 2.30. The Kier molecular flexibility index (Phi) is 3.19. The number of hydrogen-bond donors (Lipinski definition) is 2. The molecule has 0 radical (unpaired) electrons. The van der Waals surface area contributed by atoms with Gasteiger partial charge in [-0.25, -0.2) is 9.78 Å². The number of aromatic nitrogens is 1.